The van der Waals surface area contributed by atoms with E-state index in [1.54, 1.807) is 0 Å². The van der Waals surface area contributed by atoms with Crippen LogP contribution in [0.3, 0.4) is 0 Å². The summed E-state index contributed by atoms with van der Waals surface area (Å²) in [6.07, 6.45) is 0. The number of aromatic nitrogens is 3. The van der Waals surface area contributed by atoms with Gasteiger partial charge in [0.25, 0.3) is 5.56 Å². The van der Waals surface area contributed by atoms with Gasteiger partial charge in [-0.1, -0.05) is 41.7 Å². The van der Waals surface area contributed by atoms with E-state index in [0.29, 0.717) is 41.4 Å². The Morgan fingerprint density at radius 1 is 0.971 bits per heavy atom. The Labute approximate surface area is 197 Å². The van der Waals surface area contributed by atoms with Gasteiger partial charge >= 0.3 is 0 Å². The van der Waals surface area contributed by atoms with Crippen LogP contribution in [0, 0.1) is 11.6 Å². The van der Waals surface area contributed by atoms with Crippen molar-refractivity contribution in [2.75, 3.05) is 26.2 Å². The minimum absolute atomic E-state index is 0.109. The van der Waals surface area contributed by atoms with E-state index >= 15 is 0 Å². The molecule has 0 aliphatic carbocycles. The van der Waals surface area contributed by atoms with E-state index in [2.05, 4.69) is 10.1 Å². The Kier molecular flexibility index (Phi) is 5.98. The molecule has 1 saturated heterocycles. The third-order valence-electron chi connectivity index (χ3n) is 5.55. The number of piperazine rings is 1. The van der Waals surface area contributed by atoms with Gasteiger partial charge in [0.05, 0.1) is 5.69 Å². The summed E-state index contributed by atoms with van der Waals surface area (Å²) in [4.78, 5) is 18.9. The number of hydrogen-bond acceptors (Lipinski definition) is 7. The molecular weight excluding hydrogens is 484 g/mol. The molecule has 0 radical (unpaired) electrons. The Morgan fingerprint density at radius 2 is 1.71 bits per heavy atom. The summed E-state index contributed by atoms with van der Waals surface area (Å²) >= 11 is 1.31. The lowest BCUT2D eigenvalue weighted by atomic mass is 10.2. The van der Waals surface area contributed by atoms with Crippen molar-refractivity contribution < 1.29 is 17.2 Å². The molecule has 34 heavy (non-hydrogen) atoms. The molecule has 0 amide bonds. The largest absolute Gasteiger partial charge is 0.295 e. The number of benzene rings is 2. The Morgan fingerprint density at radius 3 is 2.44 bits per heavy atom. The molecule has 0 saturated carbocycles. The fraction of sp³-hybridized carbons (Fsp3) is 0.227. The first-order valence-electron chi connectivity index (χ1n) is 10.4. The molecule has 2 aromatic carbocycles. The van der Waals surface area contributed by atoms with Crippen LogP contribution < -0.4 is 5.56 Å². The summed E-state index contributed by atoms with van der Waals surface area (Å²) in [5, 5.41) is 5.05. The van der Waals surface area contributed by atoms with Gasteiger partial charge in [-0.15, -0.1) is 0 Å². The van der Waals surface area contributed by atoms with Crippen LogP contribution in [-0.4, -0.2) is 58.4 Å². The fourth-order valence-electron chi connectivity index (χ4n) is 3.81. The highest BCUT2D eigenvalue weighted by molar-refractivity contribution is 7.89. The van der Waals surface area contributed by atoms with E-state index in [4.69, 9.17) is 0 Å². The molecule has 4 aromatic rings. The van der Waals surface area contributed by atoms with Gasteiger partial charge in [-0.05, 0) is 18.2 Å². The molecule has 1 fully saturated rings. The fourth-order valence-corrected chi connectivity index (χ4v) is 6.23. The number of sulfonamides is 1. The summed E-state index contributed by atoms with van der Waals surface area (Å²) in [6, 6.07) is 13.3. The molecule has 8 nitrogen and oxygen atoms in total. The molecule has 0 unspecified atom stereocenters. The van der Waals surface area contributed by atoms with Gasteiger partial charge in [0.15, 0.2) is 0 Å². The number of halogens is 2. The maximum absolute atomic E-state index is 14.0. The van der Waals surface area contributed by atoms with Crippen LogP contribution in [0.15, 0.2) is 64.3 Å². The van der Waals surface area contributed by atoms with Crippen molar-refractivity contribution in [1.82, 2.24) is 23.8 Å². The van der Waals surface area contributed by atoms with E-state index in [9.17, 15) is 22.0 Å². The first kappa shape index (κ1) is 22.7. The zero-order chi connectivity index (χ0) is 23.9. The third kappa shape index (κ3) is 4.37. The molecule has 0 bridgehead atoms. The highest BCUT2D eigenvalue weighted by Crippen LogP contribution is 2.25. The van der Waals surface area contributed by atoms with E-state index < -0.39 is 26.6 Å². The number of rotatable bonds is 5. The summed E-state index contributed by atoms with van der Waals surface area (Å²) in [5.74, 6) is -1.80. The quantitative estimate of drug-likeness (QED) is 0.416. The molecule has 1 aliphatic rings. The van der Waals surface area contributed by atoms with Gasteiger partial charge in [-0.3, -0.25) is 9.69 Å². The molecule has 5 rings (SSSR count). The lowest BCUT2D eigenvalue weighted by Gasteiger charge is -2.33. The molecule has 2 aromatic heterocycles. The molecule has 0 spiro atoms. The van der Waals surface area contributed by atoms with E-state index in [0.717, 1.165) is 22.0 Å². The van der Waals surface area contributed by atoms with Crippen molar-refractivity contribution in [2.45, 2.75) is 11.4 Å². The van der Waals surface area contributed by atoms with Crippen molar-refractivity contribution in [3.05, 3.63) is 82.3 Å². The molecule has 3 heterocycles. The maximum atomic E-state index is 14.0. The normalized spacial score (nSPS) is 15.7. The van der Waals surface area contributed by atoms with Crippen molar-refractivity contribution in [2.24, 2.45) is 0 Å². The Bertz CT molecular complexity index is 1510. The third-order valence-corrected chi connectivity index (χ3v) is 8.42. The van der Waals surface area contributed by atoms with Crippen molar-refractivity contribution in [1.29, 1.82) is 0 Å². The summed E-state index contributed by atoms with van der Waals surface area (Å²) < 4.78 is 55.5. The van der Waals surface area contributed by atoms with Crippen molar-refractivity contribution >= 4 is 26.3 Å². The monoisotopic (exact) mass is 503 g/mol. The highest BCUT2D eigenvalue weighted by Gasteiger charge is 2.31. The van der Waals surface area contributed by atoms with Crippen LogP contribution in [-0.2, 0) is 16.6 Å². The van der Waals surface area contributed by atoms with Crippen LogP contribution >= 0.6 is 11.3 Å². The first-order chi connectivity index (χ1) is 16.3. The predicted octanol–water partition coefficient (Wildman–Crippen LogP) is 2.60. The van der Waals surface area contributed by atoms with Gasteiger partial charge in [-0.25, -0.2) is 22.2 Å². The van der Waals surface area contributed by atoms with Crippen LogP contribution in [0.4, 0.5) is 8.78 Å². The summed E-state index contributed by atoms with van der Waals surface area (Å²) in [6.45, 7) is 1.29. The molecule has 1 aliphatic heterocycles. The van der Waals surface area contributed by atoms with E-state index in [1.165, 1.54) is 21.9 Å². The van der Waals surface area contributed by atoms with Crippen LogP contribution in [0.25, 0.3) is 15.5 Å². The lowest BCUT2D eigenvalue weighted by Crippen LogP contribution is -2.48. The van der Waals surface area contributed by atoms with Crippen molar-refractivity contribution in [3.8, 4) is 10.6 Å². The summed E-state index contributed by atoms with van der Waals surface area (Å²) in [7, 11) is -4.15. The molecule has 12 heteroatoms. The minimum atomic E-state index is -4.15. The van der Waals surface area contributed by atoms with Crippen molar-refractivity contribution in [3.63, 3.8) is 0 Å². The number of nitrogens with zero attached hydrogens (tertiary/aromatic N) is 5. The molecule has 0 N–H and O–H groups in total. The molecule has 176 valence electrons. The smallest absolute Gasteiger partial charge is 0.275 e. The van der Waals surface area contributed by atoms with Gasteiger partial charge < -0.3 is 0 Å². The average Bonchev–Trinajstić information content (AvgIpc) is 3.26. The van der Waals surface area contributed by atoms with Crippen LogP contribution in [0.1, 0.15) is 5.69 Å². The second-order valence-corrected chi connectivity index (χ2v) is 10.7. The summed E-state index contributed by atoms with van der Waals surface area (Å²) in [5.41, 5.74) is 1.16. The number of hydrogen-bond donors (Lipinski definition) is 0. The SMILES string of the molecule is O=c1cc(CN2CCN(S(=O)(=O)c3cc(F)ccc3F)CC2)nc2sc(-c3ccccc3)nn12. The Balaban J connectivity index is 1.30. The highest BCUT2D eigenvalue weighted by atomic mass is 32.2. The predicted molar refractivity (Wildman–Crippen MR) is 123 cm³/mol. The minimum Gasteiger partial charge on any atom is -0.295 e. The standard InChI is InChI=1S/C22H19F2N5O3S2/c23-16-6-7-18(24)19(12-16)34(31,32)28-10-8-27(9-11-28)14-17-13-20(30)29-22(25-17)33-21(26-29)15-4-2-1-3-5-15/h1-7,12-13H,8-11,14H2. The molecular formula is C22H19F2N5O3S2. The van der Waals surface area contributed by atoms with Gasteiger partial charge in [0.2, 0.25) is 15.0 Å². The zero-order valence-corrected chi connectivity index (χ0v) is 19.4. The second-order valence-electron chi connectivity index (χ2n) is 7.81. The first-order valence-corrected chi connectivity index (χ1v) is 12.7. The topological polar surface area (TPSA) is 87.9 Å². The zero-order valence-electron chi connectivity index (χ0n) is 17.8. The number of fused-ring (bicyclic) bond motifs is 1. The second kappa shape index (κ2) is 8.95. The van der Waals surface area contributed by atoms with Crippen LogP contribution in [0.2, 0.25) is 0 Å². The van der Waals surface area contributed by atoms with E-state index in [-0.39, 0.29) is 18.6 Å². The van der Waals surface area contributed by atoms with E-state index in [1.807, 2.05) is 35.2 Å². The lowest BCUT2D eigenvalue weighted by molar-refractivity contribution is 0.179. The van der Waals surface area contributed by atoms with Gasteiger partial charge in [0.1, 0.15) is 21.5 Å². The maximum Gasteiger partial charge on any atom is 0.275 e. The van der Waals surface area contributed by atoms with Gasteiger partial charge in [0, 0.05) is 44.4 Å². The van der Waals surface area contributed by atoms with Crippen LogP contribution in [0.5, 0.6) is 0 Å². The van der Waals surface area contributed by atoms with Gasteiger partial charge in [-0.2, -0.15) is 13.9 Å². The molecule has 0 atom stereocenters. The Hall–Kier alpha value is -3.06. The average molecular weight is 504 g/mol.